The quantitative estimate of drug-likeness (QED) is 0.789. The predicted molar refractivity (Wildman–Crippen MR) is 64.8 cm³/mol. The second-order valence-corrected chi connectivity index (χ2v) is 4.05. The summed E-state index contributed by atoms with van der Waals surface area (Å²) in [5, 5.41) is 2.66. The van der Waals surface area contributed by atoms with Gasteiger partial charge in [-0.05, 0) is 11.8 Å². The van der Waals surface area contributed by atoms with Crippen LogP contribution in [0.4, 0.5) is 0 Å². The van der Waals surface area contributed by atoms with E-state index in [1.54, 1.807) is 0 Å². The van der Waals surface area contributed by atoms with E-state index in [4.69, 9.17) is 5.73 Å². The van der Waals surface area contributed by atoms with Gasteiger partial charge in [0.15, 0.2) is 0 Å². The molecule has 15 heavy (non-hydrogen) atoms. The molecule has 0 spiro atoms. The maximum absolute atomic E-state index is 11.7. The minimum absolute atomic E-state index is 0.0270. The van der Waals surface area contributed by atoms with Crippen molar-refractivity contribution >= 4 is 17.7 Å². The lowest BCUT2D eigenvalue weighted by Gasteiger charge is -2.14. The van der Waals surface area contributed by atoms with Gasteiger partial charge in [0.1, 0.15) is 5.25 Å². The van der Waals surface area contributed by atoms with Crippen LogP contribution >= 0.6 is 11.8 Å². The fraction of sp³-hybridized carbons (Fsp3) is 0.364. The third-order valence-electron chi connectivity index (χ3n) is 2.02. The number of amides is 1. The third-order valence-corrected chi connectivity index (χ3v) is 2.98. The molecular weight excluding hydrogens is 208 g/mol. The third kappa shape index (κ3) is 3.57. The van der Waals surface area contributed by atoms with E-state index in [2.05, 4.69) is 5.32 Å². The molecular formula is C11H16N2OS. The van der Waals surface area contributed by atoms with Gasteiger partial charge in [-0.3, -0.25) is 4.79 Å². The molecule has 1 rings (SSSR count). The van der Waals surface area contributed by atoms with E-state index in [-0.39, 0.29) is 11.2 Å². The summed E-state index contributed by atoms with van der Waals surface area (Å²) >= 11 is 1.53. The van der Waals surface area contributed by atoms with Crippen molar-refractivity contribution in [1.82, 2.24) is 5.32 Å². The zero-order chi connectivity index (χ0) is 11.1. The van der Waals surface area contributed by atoms with Gasteiger partial charge in [0.2, 0.25) is 5.91 Å². The molecule has 0 saturated carbocycles. The number of benzene rings is 1. The summed E-state index contributed by atoms with van der Waals surface area (Å²) in [7, 11) is 0. The lowest BCUT2D eigenvalue weighted by Crippen LogP contribution is -2.32. The number of hydrogen-bond donors (Lipinski definition) is 2. The first-order valence-electron chi connectivity index (χ1n) is 4.85. The number of thioether (sulfide) groups is 1. The van der Waals surface area contributed by atoms with Gasteiger partial charge in [-0.2, -0.15) is 0 Å². The highest BCUT2D eigenvalue weighted by Gasteiger charge is 2.17. The minimum Gasteiger partial charge on any atom is -0.354 e. The van der Waals surface area contributed by atoms with Crippen LogP contribution < -0.4 is 11.1 Å². The number of nitrogens with two attached hydrogens (primary N) is 1. The highest BCUT2D eigenvalue weighted by molar-refractivity contribution is 7.99. The van der Waals surface area contributed by atoms with Gasteiger partial charge in [-0.15, -0.1) is 11.8 Å². The SMILES string of the molecule is CSC(C(=O)NCCN)c1ccccc1. The van der Waals surface area contributed by atoms with E-state index in [1.165, 1.54) is 11.8 Å². The molecule has 1 aromatic rings. The first-order valence-corrected chi connectivity index (χ1v) is 6.14. The number of carbonyl (C=O) groups is 1. The van der Waals surface area contributed by atoms with Crippen molar-refractivity contribution in [3.63, 3.8) is 0 Å². The summed E-state index contributed by atoms with van der Waals surface area (Å²) in [4.78, 5) is 11.7. The molecule has 0 radical (unpaired) electrons. The van der Waals surface area contributed by atoms with Gasteiger partial charge in [-0.1, -0.05) is 30.3 Å². The molecule has 0 aromatic heterocycles. The van der Waals surface area contributed by atoms with Crippen LogP contribution in [0.5, 0.6) is 0 Å². The Kier molecular flexibility index (Phi) is 5.21. The van der Waals surface area contributed by atoms with Crippen molar-refractivity contribution < 1.29 is 4.79 Å². The Morgan fingerprint density at radius 2 is 2.13 bits per heavy atom. The van der Waals surface area contributed by atoms with Crippen molar-refractivity contribution in [2.45, 2.75) is 5.25 Å². The lowest BCUT2D eigenvalue weighted by atomic mass is 10.1. The van der Waals surface area contributed by atoms with Crippen LogP contribution in [-0.2, 0) is 4.79 Å². The Hall–Kier alpha value is -1.00. The molecule has 0 aliphatic heterocycles. The van der Waals surface area contributed by atoms with Gasteiger partial charge in [0, 0.05) is 13.1 Å². The van der Waals surface area contributed by atoms with E-state index >= 15 is 0 Å². The number of hydrogen-bond acceptors (Lipinski definition) is 3. The van der Waals surface area contributed by atoms with Gasteiger partial charge in [0.25, 0.3) is 0 Å². The topological polar surface area (TPSA) is 55.1 Å². The molecule has 3 nitrogen and oxygen atoms in total. The number of nitrogens with one attached hydrogen (secondary N) is 1. The summed E-state index contributed by atoms with van der Waals surface area (Å²) < 4.78 is 0. The molecule has 1 atom stereocenters. The Morgan fingerprint density at radius 3 is 2.67 bits per heavy atom. The van der Waals surface area contributed by atoms with Crippen molar-refractivity contribution in [3.05, 3.63) is 35.9 Å². The number of rotatable bonds is 5. The van der Waals surface area contributed by atoms with Crippen molar-refractivity contribution in [3.8, 4) is 0 Å². The smallest absolute Gasteiger partial charge is 0.237 e. The molecule has 82 valence electrons. The van der Waals surface area contributed by atoms with E-state index in [0.717, 1.165) is 5.56 Å². The van der Waals surface area contributed by atoms with Crippen LogP contribution in [0.25, 0.3) is 0 Å². The molecule has 0 bridgehead atoms. The Labute approximate surface area is 94.4 Å². The van der Waals surface area contributed by atoms with Crippen LogP contribution in [0.2, 0.25) is 0 Å². The summed E-state index contributed by atoms with van der Waals surface area (Å²) in [5.41, 5.74) is 6.36. The standard InChI is InChI=1S/C11H16N2OS/c1-15-10(11(14)13-8-7-12)9-5-3-2-4-6-9/h2-6,10H,7-8,12H2,1H3,(H,13,14). The average Bonchev–Trinajstić information content (AvgIpc) is 2.29. The second-order valence-electron chi connectivity index (χ2n) is 3.11. The summed E-state index contributed by atoms with van der Waals surface area (Å²) in [5.74, 6) is 0.0270. The fourth-order valence-corrected chi connectivity index (χ4v) is 2.04. The zero-order valence-corrected chi connectivity index (χ0v) is 9.59. The normalized spacial score (nSPS) is 12.1. The molecule has 0 aliphatic rings. The Bertz CT molecular complexity index is 303. The molecule has 1 amide bonds. The van der Waals surface area contributed by atoms with Crippen LogP contribution in [-0.4, -0.2) is 25.3 Å². The van der Waals surface area contributed by atoms with Gasteiger partial charge in [0.05, 0.1) is 0 Å². The lowest BCUT2D eigenvalue weighted by molar-refractivity contribution is -0.120. The van der Waals surface area contributed by atoms with E-state index in [9.17, 15) is 4.79 Å². The average molecular weight is 224 g/mol. The maximum Gasteiger partial charge on any atom is 0.237 e. The number of carbonyl (C=O) groups excluding carboxylic acids is 1. The second kappa shape index (κ2) is 6.48. The van der Waals surface area contributed by atoms with E-state index in [0.29, 0.717) is 13.1 Å². The Morgan fingerprint density at radius 1 is 1.47 bits per heavy atom. The van der Waals surface area contributed by atoms with Crippen LogP contribution in [0, 0.1) is 0 Å². The van der Waals surface area contributed by atoms with Crippen LogP contribution in [0.1, 0.15) is 10.8 Å². The van der Waals surface area contributed by atoms with Gasteiger partial charge >= 0.3 is 0 Å². The Balaban J connectivity index is 2.67. The predicted octanol–water partition coefficient (Wildman–Crippen LogP) is 1.17. The van der Waals surface area contributed by atoms with E-state index < -0.39 is 0 Å². The highest BCUT2D eigenvalue weighted by Crippen LogP contribution is 2.26. The maximum atomic E-state index is 11.7. The first kappa shape index (κ1) is 12.1. The monoisotopic (exact) mass is 224 g/mol. The molecule has 0 aliphatic carbocycles. The van der Waals surface area contributed by atoms with Gasteiger partial charge < -0.3 is 11.1 Å². The van der Waals surface area contributed by atoms with Crippen molar-refractivity contribution in [2.24, 2.45) is 5.73 Å². The van der Waals surface area contributed by atoms with Crippen LogP contribution in [0.15, 0.2) is 30.3 Å². The highest BCUT2D eigenvalue weighted by atomic mass is 32.2. The summed E-state index contributed by atoms with van der Waals surface area (Å²) in [6.07, 6.45) is 1.93. The van der Waals surface area contributed by atoms with Crippen molar-refractivity contribution in [1.29, 1.82) is 0 Å². The van der Waals surface area contributed by atoms with Gasteiger partial charge in [-0.25, -0.2) is 0 Å². The summed E-state index contributed by atoms with van der Waals surface area (Å²) in [6, 6.07) is 9.74. The molecule has 0 heterocycles. The molecule has 3 N–H and O–H groups in total. The van der Waals surface area contributed by atoms with Crippen LogP contribution in [0.3, 0.4) is 0 Å². The largest absolute Gasteiger partial charge is 0.354 e. The minimum atomic E-state index is -0.141. The first-order chi connectivity index (χ1) is 7.29. The van der Waals surface area contributed by atoms with E-state index in [1.807, 2.05) is 36.6 Å². The molecule has 0 saturated heterocycles. The molecule has 0 fully saturated rings. The zero-order valence-electron chi connectivity index (χ0n) is 8.77. The van der Waals surface area contributed by atoms with Crippen molar-refractivity contribution in [2.75, 3.05) is 19.3 Å². The molecule has 1 unspecified atom stereocenters. The fourth-order valence-electron chi connectivity index (χ4n) is 1.31. The molecule has 4 heteroatoms. The summed E-state index contributed by atoms with van der Waals surface area (Å²) in [6.45, 7) is 1.00. The molecule has 1 aromatic carbocycles.